The summed E-state index contributed by atoms with van der Waals surface area (Å²) in [7, 11) is 0. The van der Waals surface area contributed by atoms with E-state index in [-0.39, 0.29) is 12.1 Å². The first-order valence-electron chi connectivity index (χ1n) is 6.18. The predicted molar refractivity (Wildman–Crippen MR) is 72.9 cm³/mol. The van der Waals surface area contributed by atoms with Crippen molar-refractivity contribution in [3.05, 3.63) is 22.6 Å². The lowest BCUT2D eigenvalue weighted by atomic mass is 10.1. The highest BCUT2D eigenvalue weighted by atomic mass is 79.9. The number of hydrazine groups is 1. The van der Waals surface area contributed by atoms with Gasteiger partial charge in [0.05, 0.1) is 23.4 Å². The van der Waals surface area contributed by atoms with Crippen molar-refractivity contribution in [1.29, 1.82) is 0 Å². The van der Waals surface area contributed by atoms with Gasteiger partial charge in [0.15, 0.2) is 0 Å². The standard InChI is InChI=1S/C12H20BrN3O2/c1-8(2)16-4-6-17-10(7-16)11(15-14)12-9(13)3-5-18-12/h3,5,8,10-11,15H,4,6-7,14H2,1-2H3. The van der Waals surface area contributed by atoms with E-state index < -0.39 is 0 Å². The number of hydrogen-bond donors (Lipinski definition) is 2. The lowest BCUT2D eigenvalue weighted by molar-refractivity contribution is -0.0592. The van der Waals surface area contributed by atoms with Crippen LogP contribution in [0.4, 0.5) is 0 Å². The maximum atomic E-state index is 5.83. The smallest absolute Gasteiger partial charge is 0.138 e. The third-order valence-corrected chi connectivity index (χ3v) is 3.99. The Morgan fingerprint density at radius 2 is 2.33 bits per heavy atom. The van der Waals surface area contributed by atoms with Crippen LogP contribution in [0, 0.1) is 0 Å². The van der Waals surface area contributed by atoms with Crippen LogP contribution < -0.4 is 11.3 Å². The summed E-state index contributed by atoms with van der Waals surface area (Å²) in [6.45, 7) is 6.91. The molecule has 3 N–H and O–H groups in total. The van der Waals surface area contributed by atoms with E-state index in [2.05, 4.69) is 40.1 Å². The van der Waals surface area contributed by atoms with E-state index in [4.69, 9.17) is 15.0 Å². The van der Waals surface area contributed by atoms with Gasteiger partial charge in [-0.2, -0.15) is 0 Å². The Hall–Kier alpha value is -0.400. The second-order valence-corrected chi connectivity index (χ2v) is 5.63. The highest BCUT2D eigenvalue weighted by Gasteiger charge is 2.32. The van der Waals surface area contributed by atoms with Crippen LogP contribution in [0.2, 0.25) is 0 Å². The fourth-order valence-corrected chi connectivity index (χ4v) is 2.69. The summed E-state index contributed by atoms with van der Waals surface area (Å²) in [5.41, 5.74) is 2.80. The quantitative estimate of drug-likeness (QED) is 0.653. The topological polar surface area (TPSA) is 63.7 Å². The van der Waals surface area contributed by atoms with Gasteiger partial charge in [0.1, 0.15) is 11.8 Å². The SMILES string of the molecule is CC(C)N1CCOC(C(NN)c2occc2Br)C1. The number of furan rings is 1. The van der Waals surface area contributed by atoms with Crippen LogP contribution in [0.1, 0.15) is 25.6 Å². The molecular weight excluding hydrogens is 298 g/mol. The van der Waals surface area contributed by atoms with Gasteiger partial charge in [-0.25, -0.2) is 5.43 Å². The monoisotopic (exact) mass is 317 g/mol. The summed E-state index contributed by atoms with van der Waals surface area (Å²) < 4.78 is 12.2. The Balaban J connectivity index is 2.11. The maximum absolute atomic E-state index is 5.83. The highest BCUT2D eigenvalue weighted by molar-refractivity contribution is 9.10. The third kappa shape index (κ3) is 2.95. The van der Waals surface area contributed by atoms with E-state index in [0.717, 1.165) is 29.9 Å². The van der Waals surface area contributed by atoms with Gasteiger partial charge in [-0.15, -0.1) is 0 Å². The first kappa shape index (κ1) is 14.0. The van der Waals surface area contributed by atoms with Gasteiger partial charge in [-0.3, -0.25) is 10.7 Å². The van der Waals surface area contributed by atoms with Crippen molar-refractivity contribution < 1.29 is 9.15 Å². The molecule has 0 spiro atoms. The Morgan fingerprint density at radius 1 is 1.56 bits per heavy atom. The van der Waals surface area contributed by atoms with Crippen LogP contribution in [0.5, 0.6) is 0 Å². The number of rotatable bonds is 4. The molecule has 0 aliphatic carbocycles. The molecule has 0 bridgehead atoms. The second-order valence-electron chi connectivity index (χ2n) is 4.78. The zero-order chi connectivity index (χ0) is 13.1. The minimum Gasteiger partial charge on any atom is -0.466 e. The largest absolute Gasteiger partial charge is 0.466 e. The molecule has 102 valence electrons. The molecule has 2 heterocycles. The van der Waals surface area contributed by atoms with Crippen molar-refractivity contribution in [3.63, 3.8) is 0 Å². The zero-order valence-electron chi connectivity index (χ0n) is 10.7. The molecule has 18 heavy (non-hydrogen) atoms. The van der Waals surface area contributed by atoms with Crippen LogP contribution in [0.3, 0.4) is 0 Å². The molecule has 0 amide bonds. The number of nitrogens with two attached hydrogens (primary N) is 1. The Kier molecular flexibility index (Phi) is 4.80. The highest BCUT2D eigenvalue weighted by Crippen LogP contribution is 2.29. The third-order valence-electron chi connectivity index (χ3n) is 3.33. The summed E-state index contributed by atoms with van der Waals surface area (Å²) in [5, 5.41) is 0. The van der Waals surface area contributed by atoms with Crippen LogP contribution in [0.25, 0.3) is 0 Å². The molecule has 5 nitrogen and oxygen atoms in total. The molecular formula is C12H20BrN3O2. The van der Waals surface area contributed by atoms with Crippen molar-refractivity contribution in [2.24, 2.45) is 5.84 Å². The van der Waals surface area contributed by atoms with E-state index in [1.54, 1.807) is 6.26 Å². The van der Waals surface area contributed by atoms with Crippen LogP contribution in [0.15, 0.2) is 21.2 Å². The molecule has 0 saturated carbocycles. The lowest BCUT2D eigenvalue weighted by Crippen LogP contribution is -2.51. The summed E-state index contributed by atoms with van der Waals surface area (Å²) in [5.74, 6) is 6.44. The summed E-state index contributed by atoms with van der Waals surface area (Å²) in [6.07, 6.45) is 1.64. The van der Waals surface area contributed by atoms with E-state index in [0.29, 0.717) is 6.04 Å². The van der Waals surface area contributed by atoms with Gasteiger partial charge in [0, 0.05) is 19.1 Å². The molecule has 2 rings (SSSR count). The van der Waals surface area contributed by atoms with Crippen LogP contribution >= 0.6 is 15.9 Å². The molecule has 0 radical (unpaired) electrons. The summed E-state index contributed by atoms with van der Waals surface area (Å²) in [4.78, 5) is 2.38. The van der Waals surface area contributed by atoms with Gasteiger partial charge < -0.3 is 9.15 Å². The number of ether oxygens (including phenoxy) is 1. The van der Waals surface area contributed by atoms with Gasteiger partial charge in [-0.05, 0) is 35.8 Å². The van der Waals surface area contributed by atoms with Crippen LogP contribution in [-0.2, 0) is 4.74 Å². The average Bonchev–Trinajstić information content (AvgIpc) is 2.77. The normalized spacial score (nSPS) is 23.5. The first-order chi connectivity index (χ1) is 8.63. The number of nitrogens with zero attached hydrogens (tertiary/aromatic N) is 1. The fourth-order valence-electron chi connectivity index (χ4n) is 2.25. The van der Waals surface area contributed by atoms with Gasteiger partial charge in [-0.1, -0.05) is 0 Å². The minimum absolute atomic E-state index is 0.00593. The van der Waals surface area contributed by atoms with E-state index in [9.17, 15) is 0 Å². The number of nitrogens with one attached hydrogen (secondary N) is 1. The minimum atomic E-state index is -0.143. The molecule has 6 heteroatoms. The predicted octanol–water partition coefficient (Wildman–Crippen LogP) is 1.66. The summed E-state index contributed by atoms with van der Waals surface area (Å²) in [6, 6.07) is 2.23. The summed E-state index contributed by atoms with van der Waals surface area (Å²) >= 11 is 3.46. The number of hydrogen-bond acceptors (Lipinski definition) is 5. The zero-order valence-corrected chi connectivity index (χ0v) is 12.3. The number of halogens is 1. The van der Waals surface area contributed by atoms with Gasteiger partial charge in [0.2, 0.25) is 0 Å². The van der Waals surface area contributed by atoms with Crippen molar-refractivity contribution in [2.45, 2.75) is 32.0 Å². The molecule has 1 fully saturated rings. The number of morpholine rings is 1. The second kappa shape index (κ2) is 6.16. The maximum Gasteiger partial charge on any atom is 0.138 e. The molecule has 1 aliphatic heterocycles. The van der Waals surface area contributed by atoms with Gasteiger partial charge >= 0.3 is 0 Å². The van der Waals surface area contributed by atoms with Gasteiger partial charge in [0.25, 0.3) is 0 Å². The molecule has 1 aromatic heterocycles. The fraction of sp³-hybridized carbons (Fsp3) is 0.667. The van der Waals surface area contributed by atoms with Crippen molar-refractivity contribution in [3.8, 4) is 0 Å². The Labute approximate surface area is 116 Å². The average molecular weight is 318 g/mol. The van der Waals surface area contributed by atoms with E-state index in [1.807, 2.05) is 6.07 Å². The van der Waals surface area contributed by atoms with Crippen molar-refractivity contribution in [2.75, 3.05) is 19.7 Å². The first-order valence-corrected chi connectivity index (χ1v) is 6.97. The lowest BCUT2D eigenvalue weighted by Gasteiger charge is -2.38. The molecule has 2 unspecified atom stereocenters. The van der Waals surface area contributed by atoms with E-state index in [1.165, 1.54) is 0 Å². The Bertz CT molecular complexity index is 383. The van der Waals surface area contributed by atoms with Crippen molar-refractivity contribution >= 4 is 15.9 Å². The van der Waals surface area contributed by atoms with Crippen molar-refractivity contribution in [1.82, 2.24) is 10.3 Å². The molecule has 1 saturated heterocycles. The molecule has 1 aromatic rings. The Morgan fingerprint density at radius 3 is 2.89 bits per heavy atom. The van der Waals surface area contributed by atoms with E-state index >= 15 is 0 Å². The molecule has 1 aliphatic rings. The van der Waals surface area contributed by atoms with Crippen LogP contribution in [-0.4, -0.2) is 36.7 Å². The molecule has 2 atom stereocenters. The molecule has 0 aromatic carbocycles.